The maximum absolute atomic E-state index is 12.7. The molecule has 0 saturated carbocycles. The molecule has 0 atom stereocenters. The number of nitrogens with zero attached hydrogens (tertiary/aromatic N) is 2. The minimum Gasteiger partial charge on any atom is -0.325 e. The van der Waals surface area contributed by atoms with Crippen LogP contribution in [-0.2, 0) is 13.2 Å². The summed E-state index contributed by atoms with van der Waals surface area (Å²) in [6.07, 6.45) is -4.69. The smallest absolute Gasteiger partial charge is 0.325 e. The number of hydrogen-bond acceptors (Lipinski definition) is 3. The zero-order valence-electron chi connectivity index (χ0n) is 11.1. The summed E-state index contributed by atoms with van der Waals surface area (Å²) < 4.78 is 39.1. The summed E-state index contributed by atoms with van der Waals surface area (Å²) >= 11 is 5.95. The lowest BCUT2D eigenvalue weighted by atomic mass is 10.2. The molecule has 0 aliphatic heterocycles. The van der Waals surface area contributed by atoms with Gasteiger partial charge in [0.2, 0.25) is 5.95 Å². The van der Waals surface area contributed by atoms with Gasteiger partial charge in [0, 0.05) is 23.8 Å². The maximum Gasteiger partial charge on any atom is 0.433 e. The van der Waals surface area contributed by atoms with Crippen molar-refractivity contribution in [1.82, 2.24) is 9.55 Å². The van der Waals surface area contributed by atoms with Gasteiger partial charge < -0.3 is 5.32 Å². The zero-order chi connectivity index (χ0) is 15.8. The van der Waals surface area contributed by atoms with Crippen molar-refractivity contribution in [3.8, 4) is 0 Å². The lowest BCUT2D eigenvalue weighted by Gasteiger charge is -2.14. The number of benzene rings is 1. The van der Waals surface area contributed by atoms with Crippen LogP contribution < -0.4 is 10.9 Å². The Morgan fingerprint density at radius 3 is 2.62 bits per heavy atom. The van der Waals surface area contributed by atoms with Gasteiger partial charge >= 0.3 is 6.18 Å². The highest BCUT2D eigenvalue weighted by Crippen LogP contribution is 2.29. The summed E-state index contributed by atoms with van der Waals surface area (Å²) in [7, 11) is 1.33. The second kappa shape index (κ2) is 5.40. The molecule has 112 valence electrons. The molecule has 0 amide bonds. The highest BCUT2D eigenvalue weighted by molar-refractivity contribution is 6.31. The van der Waals surface area contributed by atoms with E-state index in [0.29, 0.717) is 22.3 Å². The van der Waals surface area contributed by atoms with E-state index >= 15 is 0 Å². The number of rotatable bonds is 2. The minimum absolute atomic E-state index is 0.208. The third-order valence-electron chi connectivity index (χ3n) is 2.94. The first-order valence-electron chi connectivity index (χ1n) is 5.87. The summed E-state index contributed by atoms with van der Waals surface area (Å²) in [5.41, 5.74) is -0.928. The number of halogens is 4. The van der Waals surface area contributed by atoms with E-state index in [9.17, 15) is 18.0 Å². The monoisotopic (exact) mass is 317 g/mol. The van der Waals surface area contributed by atoms with Crippen LogP contribution in [0, 0.1) is 6.92 Å². The van der Waals surface area contributed by atoms with Gasteiger partial charge in [-0.05, 0) is 24.6 Å². The van der Waals surface area contributed by atoms with Crippen LogP contribution in [0.3, 0.4) is 0 Å². The fraction of sp³-hybridized carbons (Fsp3) is 0.231. The van der Waals surface area contributed by atoms with Crippen LogP contribution in [-0.4, -0.2) is 9.55 Å². The number of anilines is 2. The van der Waals surface area contributed by atoms with Gasteiger partial charge in [0.25, 0.3) is 5.56 Å². The maximum atomic E-state index is 12.7. The molecule has 1 aromatic heterocycles. The summed E-state index contributed by atoms with van der Waals surface area (Å²) in [5, 5.41) is 3.16. The van der Waals surface area contributed by atoms with E-state index in [1.807, 2.05) is 0 Å². The molecule has 0 unspecified atom stereocenters. The van der Waals surface area contributed by atoms with Crippen molar-refractivity contribution in [2.24, 2.45) is 7.05 Å². The molecule has 0 fully saturated rings. The molecule has 21 heavy (non-hydrogen) atoms. The third kappa shape index (κ3) is 3.18. The molecule has 0 radical (unpaired) electrons. The molecule has 0 aliphatic carbocycles. The molecular formula is C13H11ClF3N3O. The standard InChI is InChI=1S/C13H11ClF3N3O/c1-7-8(14)4-3-5-9(7)18-12-19-10(13(15,16)17)6-11(21)20(12)2/h3-6H,1-2H3,(H,18,19). The third-order valence-corrected chi connectivity index (χ3v) is 3.35. The Hall–Kier alpha value is -2.02. The van der Waals surface area contributed by atoms with Gasteiger partial charge in [0.05, 0.1) is 0 Å². The largest absolute Gasteiger partial charge is 0.433 e. The molecule has 0 bridgehead atoms. The van der Waals surface area contributed by atoms with Crippen LogP contribution in [0.1, 0.15) is 11.3 Å². The van der Waals surface area contributed by atoms with Gasteiger partial charge in [-0.15, -0.1) is 0 Å². The van der Waals surface area contributed by atoms with Crippen LogP contribution in [0.2, 0.25) is 5.02 Å². The molecule has 8 heteroatoms. The Morgan fingerprint density at radius 1 is 1.33 bits per heavy atom. The predicted octanol–water partition coefficient (Wildman–Crippen LogP) is 3.50. The summed E-state index contributed by atoms with van der Waals surface area (Å²) in [6.45, 7) is 1.70. The quantitative estimate of drug-likeness (QED) is 0.922. The highest BCUT2D eigenvalue weighted by Gasteiger charge is 2.34. The second-order valence-corrected chi connectivity index (χ2v) is 4.80. The van der Waals surface area contributed by atoms with E-state index in [-0.39, 0.29) is 5.95 Å². The first kappa shape index (κ1) is 15.4. The normalized spacial score (nSPS) is 11.5. The first-order valence-corrected chi connectivity index (χ1v) is 6.25. The number of aromatic nitrogens is 2. The highest BCUT2D eigenvalue weighted by atomic mass is 35.5. The van der Waals surface area contributed by atoms with Crippen LogP contribution in [0.15, 0.2) is 29.1 Å². The Kier molecular flexibility index (Phi) is 3.95. The van der Waals surface area contributed by atoms with Crippen molar-refractivity contribution in [3.63, 3.8) is 0 Å². The first-order chi connectivity index (χ1) is 9.70. The lowest BCUT2D eigenvalue weighted by molar-refractivity contribution is -0.141. The Bertz CT molecular complexity index is 740. The number of nitrogens with one attached hydrogen (secondary N) is 1. The molecule has 0 saturated heterocycles. The Balaban J connectivity index is 2.52. The van der Waals surface area contributed by atoms with E-state index in [1.54, 1.807) is 25.1 Å². The second-order valence-electron chi connectivity index (χ2n) is 4.40. The predicted molar refractivity (Wildman–Crippen MR) is 74.0 cm³/mol. The molecule has 1 N–H and O–H groups in total. The fourth-order valence-corrected chi connectivity index (χ4v) is 1.83. The molecule has 1 heterocycles. The summed E-state index contributed by atoms with van der Waals surface area (Å²) in [4.78, 5) is 15.1. The molecule has 2 rings (SSSR count). The van der Waals surface area contributed by atoms with Crippen molar-refractivity contribution in [3.05, 3.63) is 50.9 Å². The Labute approximate surface area is 123 Å². The van der Waals surface area contributed by atoms with Gasteiger partial charge in [0.15, 0.2) is 5.69 Å². The molecule has 1 aromatic carbocycles. The fourth-order valence-electron chi connectivity index (χ4n) is 1.66. The van der Waals surface area contributed by atoms with Crippen molar-refractivity contribution in [1.29, 1.82) is 0 Å². The van der Waals surface area contributed by atoms with E-state index < -0.39 is 17.4 Å². The zero-order valence-corrected chi connectivity index (χ0v) is 11.9. The molecule has 0 aliphatic rings. The van der Waals surface area contributed by atoms with E-state index in [1.165, 1.54) is 7.05 Å². The van der Waals surface area contributed by atoms with Gasteiger partial charge in [-0.25, -0.2) is 4.98 Å². The van der Waals surface area contributed by atoms with Crippen LogP contribution in [0.25, 0.3) is 0 Å². The summed E-state index contributed by atoms with van der Waals surface area (Å²) in [5.74, 6) is -0.208. The van der Waals surface area contributed by atoms with E-state index in [0.717, 1.165) is 4.57 Å². The van der Waals surface area contributed by atoms with Gasteiger partial charge in [0.1, 0.15) is 0 Å². The lowest BCUT2D eigenvalue weighted by Crippen LogP contribution is -2.24. The van der Waals surface area contributed by atoms with Crippen molar-refractivity contribution in [2.45, 2.75) is 13.1 Å². The van der Waals surface area contributed by atoms with E-state index in [4.69, 9.17) is 11.6 Å². The number of alkyl halides is 3. The van der Waals surface area contributed by atoms with Gasteiger partial charge in [-0.1, -0.05) is 17.7 Å². The van der Waals surface area contributed by atoms with Crippen molar-refractivity contribution < 1.29 is 13.2 Å². The average molecular weight is 318 g/mol. The van der Waals surface area contributed by atoms with Gasteiger partial charge in [-0.3, -0.25) is 9.36 Å². The number of hydrogen-bond donors (Lipinski definition) is 1. The van der Waals surface area contributed by atoms with Crippen LogP contribution >= 0.6 is 11.6 Å². The Morgan fingerprint density at radius 2 is 2.00 bits per heavy atom. The van der Waals surface area contributed by atoms with E-state index in [2.05, 4.69) is 10.3 Å². The van der Waals surface area contributed by atoms with Crippen molar-refractivity contribution >= 4 is 23.2 Å². The van der Waals surface area contributed by atoms with Gasteiger partial charge in [-0.2, -0.15) is 13.2 Å². The average Bonchev–Trinajstić information content (AvgIpc) is 2.38. The molecule has 0 spiro atoms. The SMILES string of the molecule is Cc1c(Cl)cccc1Nc1nc(C(F)(F)F)cc(=O)n1C. The van der Waals surface area contributed by atoms with Crippen LogP contribution in [0.5, 0.6) is 0 Å². The summed E-state index contributed by atoms with van der Waals surface area (Å²) in [6, 6.07) is 5.38. The molecule has 4 nitrogen and oxygen atoms in total. The molecular weight excluding hydrogens is 307 g/mol. The molecule has 2 aromatic rings. The van der Waals surface area contributed by atoms with Crippen LogP contribution in [0.4, 0.5) is 24.8 Å². The minimum atomic E-state index is -4.69. The van der Waals surface area contributed by atoms with Crippen molar-refractivity contribution in [2.75, 3.05) is 5.32 Å². The topological polar surface area (TPSA) is 46.9 Å².